The average Bonchev–Trinajstić information content (AvgIpc) is 3.36. The van der Waals surface area contributed by atoms with Crippen LogP contribution in [0, 0.1) is 0 Å². The number of rotatable bonds is 7. The number of anilines is 5. The second-order valence-electron chi connectivity index (χ2n) is 8.16. The van der Waals surface area contributed by atoms with Crippen LogP contribution in [0.3, 0.4) is 0 Å². The second kappa shape index (κ2) is 10.0. The van der Waals surface area contributed by atoms with E-state index in [9.17, 15) is 0 Å². The standard InChI is InChI=1S/C25H26ClN7O/c1-32-11-13-33(14-12-32)21-7-5-18(6-8-21)30-25-28-17-23(26)24(31-25)34-22-4-2-3-19(15-22)29-20-9-10-27-16-20/h2-10,15-17,27,29H,11-14H2,1H3,(H,28,30,31). The minimum Gasteiger partial charge on any atom is -0.437 e. The zero-order valence-electron chi connectivity index (χ0n) is 18.8. The van der Waals surface area contributed by atoms with Gasteiger partial charge in [0.1, 0.15) is 10.8 Å². The molecule has 1 aliphatic heterocycles. The Kier molecular flexibility index (Phi) is 6.51. The first kappa shape index (κ1) is 22.1. The average molecular weight is 476 g/mol. The Morgan fingerprint density at radius 2 is 1.76 bits per heavy atom. The molecule has 1 saturated heterocycles. The number of aromatic nitrogens is 3. The largest absolute Gasteiger partial charge is 0.437 e. The Morgan fingerprint density at radius 1 is 0.941 bits per heavy atom. The molecule has 5 rings (SSSR count). The third kappa shape index (κ3) is 5.41. The summed E-state index contributed by atoms with van der Waals surface area (Å²) < 4.78 is 5.97. The van der Waals surface area contributed by atoms with E-state index < -0.39 is 0 Å². The van der Waals surface area contributed by atoms with Gasteiger partial charge in [0.25, 0.3) is 0 Å². The summed E-state index contributed by atoms with van der Waals surface area (Å²) in [5, 5.41) is 6.87. The van der Waals surface area contributed by atoms with Gasteiger partial charge in [-0.2, -0.15) is 4.98 Å². The number of likely N-dealkylation sites (N-methyl/N-ethyl adjacent to an activating group) is 1. The quantitative estimate of drug-likeness (QED) is 0.326. The van der Waals surface area contributed by atoms with Crippen molar-refractivity contribution in [3.63, 3.8) is 0 Å². The molecule has 3 heterocycles. The van der Waals surface area contributed by atoms with E-state index in [1.807, 2.05) is 54.9 Å². The second-order valence-corrected chi connectivity index (χ2v) is 8.57. The Morgan fingerprint density at radius 3 is 2.53 bits per heavy atom. The predicted molar refractivity (Wildman–Crippen MR) is 137 cm³/mol. The summed E-state index contributed by atoms with van der Waals surface area (Å²) in [6.07, 6.45) is 5.27. The molecule has 0 saturated carbocycles. The van der Waals surface area contributed by atoms with E-state index in [0.717, 1.165) is 43.2 Å². The van der Waals surface area contributed by atoms with Gasteiger partial charge in [-0.05, 0) is 49.5 Å². The topological polar surface area (TPSA) is 81.3 Å². The molecule has 174 valence electrons. The number of ether oxygens (including phenoxy) is 1. The lowest BCUT2D eigenvalue weighted by Gasteiger charge is -2.34. The molecule has 0 aliphatic carbocycles. The maximum atomic E-state index is 6.31. The highest BCUT2D eigenvalue weighted by atomic mass is 35.5. The van der Waals surface area contributed by atoms with E-state index in [4.69, 9.17) is 16.3 Å². The predicted octanol–water partition coefficient (Wildman–Crippen LogP) is 5.49. The molecular formula is C25H26ClN7O. The molecule has 3 N–H and O–H groups in total. The first-order valence-corrected chi connectivity index (χ1v) is 11.5. The molecular weight excluding hydrogens is 450 g/mol. The van der Waals surface area contributed by atoms with Crippen molar-refractivity contribution in [2.45, 2.75) is 0 Å². The summed E-state index contributed by atoms with van der Waals surface area (Å²) in [7, 11) is 2.16. The number of nitrogens with zero attached hydrogens (tertiary/aromatic N) is 4. The minimum atomic E-state index is 0.284. The molecule has 2 aromatic heterocycles. The molecule has 2 aromatic carbocycles. The molecule has 0 unspecified atom stereocenters. The summed E-state index contributed by atoms with van der Waals surface area (Å²) in [5.74, 6) is 1.31. The summed E-state index contributed by atoms with van der Waals surface area (Å²) in [5.41, 5.74) is 3.96. The third-order valence-electron chi connectivity index (χ3n) is 5.64. The Labute approximate surface area is 203 Å². The monoisotopic (exact) mass is 475 g/mol. The SMILES string of the molecule is CN1CCN(c2ccc(Nc3ncc(Cl)c(Oc4cccc(Nc5cc[nH]c5)c4)n3)cc2)CC1. The Hall–Kier alpha value is -3.75. The zero-order valence-corrected chi connectivity index (χ0v) is 19.6. The van der Waals surface area contributed by atoms with Crippen LogP contribution in [0.2, 0.25) is 5.02 Å². The van der Waals surface area contributed by atoms with Gasteiger partial charge < -0.3 is 30.2 Å². The van der Waals surface area contributed by atoms with E-state index in [-0.39, 0.29) is 5.88 Å². The van der Waals surface area contributed by atoms with Gasteiger partial charge in [-0.3, -0.25) is 0 Å². The van der Waals surface area contributed by atoms with Crippen molar-refractivity contribution in [3.8, 4) is 11.6 Å². The van der Waals surface area contributed by atoms with E-state index in [0.29, 0.717) is 16.7 Å². The van der Waals surface area contributed by atoms with Gasteiger partial charge in [0.15, 0.2) is 0 Å². The fraction of sp³-hybridized carbons (Fsp3) is 0.200. The summed E-state index contributed by atoms with van der Waals surface area (Å²) in [4.78, 5) is 16.5. The molecule has 1 fully saturated rings. The molecule has 1 aliphatic rings. The molecule has 0 radical (unpaired) electrons. The van der Waals surface area contributed by atoms with Crippen molar-refractivity contribution in [3.05, 3.63) is 78.2 Å². The first-order valence-electron chi connectivity index (χ1n) is 11.1. The molecule has 0 bridgehead atoms. The van der Waals surface area contributed by atoms with Crippen LogP contribution >= 0.6 is 11.6 Å². The Balaban J connectivity index is 1.26. The van der Waals surface area contributed by atoms with Crippen molar-refractivity contribution in [2.75, 3.05) is 48.8 Å². The molecule has 4 aromatic rings. The molecule has 0 amide bonds. The first-order chi connectivity index (χ1) is 16.6. The van der Waals surface area contributed by atoms with Crippen molar-refractivity contribution >= 4 is 40.3 Å². The maximum absolute atomic E-state index is 6.31. The van der Waals surface area contributed by atoms with Crippen molar-refractivity contribution in [1.82, 2.24) is 19.9 Å². The van der Waals surface area contributed by atoms with Crippen LogP contribution in [0.15, 0.2) is 73.2 Å². The minimum absolute atomic E-state index is 0.284. The van der Waals surface area contributed by atoms with Gasteiger partial charge in [-0.1, -0.05) is 17.7 Å². The van der Waals surface area contributed by atoms with Crippen molar-refractivity contribution in [2.24, 2.45) is 0 Å². The van der Waals surface area contributed by atoms with E-state index in [2.05, 4.69) is 54.6 Å². The number of hydrogen-bond acceptors (Lipinski definition) is 7. The number of benzene rings is 2. The lowest BCUT2D eigenvalue weighted by atomic mass is 10.2. The lowest BCUT2D eigenvalue weighted by molar-refractivity contribution is 0.313. The highest BCUT2D eigenvalue weighted by Gasteiger charge is 2.14. The van der Waals surface area contributed by atoms with E-state index in [1.54, 1.807) is 0 Å². The number of H-pyrrole nitrogens is 1. The molecule has 9 heteroatoms. The molecule has 34 heavy (non-hydrogen) atoms. The van der Waals surface area contributed by atoms with Crippen LogP contribution in [-0.4, -0.2) is 53.1 Å². The highest BCUT2D eigenvalue weighted by Crippen LogP contribution is 2.30. The summed E-state index contributed by atoms with van der Waals surface area (Å²) in [6.45, 7) is 4.22. The zero-order chi connectivity index (χ0) is 23.3. The van der Waals surface area contributed by atoms with E-state index >= 15 is 0 Å². The van der Waals surface area contributed by atoms with E-state index in [1.165, 1.54) is 11.9 Å². The normalized spacial score (nSPS) is 14.1. The molecule has 8 nitrogen and oxygen atoms in total. The fourth-order valence-electron chi connectivity index (χ4n) is 3.75. The van der Waals surface area contributed by atoms with Gasteiger partial charge in [0, 0.05) is 61.7 Å². The van der Waals surface area contributed by atoms with Crippen LogP contribution in [0.25, 0.3) is 0 Å². The van der Waals surface area contributed by atoms with Crippen LogP contribution in [0.4, 0.5) is 28.7 Å². The number of aromatic amines is 1. The number of piperazine rings is 1. The number of halogens is 1. The van der Waals surface area contributed by atoms with Gasteiger partial charge in [0.05, 0.1) is 11.9 Å². The number of nitrogens with one attached hydrogen (secondary N) is 3. The summed E-state index contributed by atoms with van der Waals surface area (Å²) >= 11 is 6.31. The van der Waals surface area contributed by atoms with Gasteiger partial charge in [-0.25, -0.2) is 4.98 Å². The summed E-state index contributed by atoms with van der Waals surface area (Å²) in [6, 6.07) is 17.8. The van der Waals surface area contributed by atoms with Gasteiger partial charge >= 0.3 is 0 Å². The van der Waals surface area contributed by atoms with Crippen molar-refractivity contribution < 1.29 is 4.74 Å². The molecule has 0 atom stereocenters. The third-order valence-corrected chi connectivity index (χ3v) is 5.90. The number of hydrogen-bond donors (Lipinski definition) is 3. The van der Waals surface area contributed by atoms with Crippen LogP contribution in [0.5, 0.6) is 11.6 Å². The van der Waals surface area contributed by atoms with Crippen LogP contribution < -0.4 is 20.3 Å². The fourth-order valence-corrected chi connectivity index (χ4v) is 3.88. The molecule has 0 spiro atoms. The van der Waals surface area contributed by atoms with Crippen LogP contribution in [-0.2, 0) is 0 Å². The Bertz CT molecular complexity index is 1220. The van der Waals surface area contributed by atoms with Crippen molar-refractivity contribution in [1.29, 1.82) is 0 Å². The lowest BCUT2D eigenvalue weighted by Crippen LogP contribution is -2.44. The smallest absolute Gasteiger partial charge is 0.243 e. The highest BCUT2D eigenvalue weighted by molar-refractivity contribution is 6.31. The van der Waals surface area contributed by atoms with Crippen LogP contribution in [0.1, 0.15) is 0 Å². The maximum Gasteiger partial charge on any atom is 0.243 e. The van der Waals surface area contributed by atoms with Gasteiger partial charge in [0.2, 0.25) is 11.8 Å². The van der Waals surface area contributed by atoms with Gasteiger partial charge in [-0.15, -0.1) is 0 Å².